The van der Waals surface area contributed by atoms with E-state index in [1.165, 1.54) is 6.08 Å². The van der Waals surface area contributed by atoms with Crippen molar-refractivity contribution in [2.45, 2.75) is 12.8 Å². The van der Waals surface area contributed by atoms with E-state index in [2.05, 4.69) is 4.98 Å². The predicted molar refractivity (Wildman–Crippen MR) is 70.2 cm³/mol. The lowest BCUT2D eigenvalue weighted by molar-refractivity contribution is -0.144. The van der Waals surface area contributed by atoms with Gasteiger partial charge in [-0.25, -0.2) is 0 Å². The van der Waals surface area contributed by atoms with Crippen LogP contribution in [0.2, 0.25) is 0 Å². The van der Waals surface area contributed by atoms with Gasteiger partial charge in [0.15, 0.2) is 0 Å². The Morgan fingerprint density at radius 2 is 2.11 bits per heavy atom. The molecule has 1 fully saturated rings. The van der Waals surface area contributed by atoms with Gasteiger partial charge < -0.3 is 10.0 Å². The summed E-state index contributed by atoms with van der Waals surface area (Å²) >= 11 is 0. The normalized spacial score (nSPS) is 19.6. The largest absolute Gasteiger partial charge is 0.481 e. The van der Waals surface area contributed by atoms with Crippen molar-refractivity contribution in [2.75, 3.05) is 13.1 Å². The molecular weight excluding hydrogens is 244 g/mol. The molecular formula is C14H16N2O3. The molecule has 1 aliphatic heterocycles. The Labute approximate surface area is 111 Å². The molecule has 0 spiro atoms. The first kappa shape index (κ1) is 13.3. The highest BCUT2D eigenvalue weighted by Crippen LogP contribution is 2.17. The molecule has 1 unspecified atom stereocenters. The number of hydrogen-bond acceptors (Lipinski definition) is 3. The van der Waals surface area contributed by atoms with Crippen LogP contribution >= 0.6 is 0 Å². The van der Waals surface area contributed by atoms with Gasteiger partial charge in [-0.2, -0.15) is 0 Å². The van der Waals surface area contributed by atoms with E-state index in [9.17, 15) is 9.59 Å². The zero-order valence-corrected chi connectivity index (χ0v) is 10.5. The minimum absolute atomic E-state index is 0.136. The number of carboxylic acid groups (broad SMARTS) is 1. The average Bonchev–Trinajstić information content (AvgIpc) is 2.46. The zero-order valence-electron chi connectivity index (χ0n) is 10.5. The molecule has 1 aliphatic rings. The molecule has 19 heavy (non-hydrogen) atoms. The highest BCUT2D eigenvalue weighted by molar-refractivity contribution is 5.92. The van der Waals surface area contributed by atoms with Crippen LogP contribution in [0, 0.1) is 5.92 Å². The van der Waals surface area contributed by atoms with Gasteiger partial charge in [-0.1, -0.05) is 0 Å². The second kappa shape index (κ2) is 6.13. The first-order chi connectivity index (χ1) is 9.16. The van der Waals surface area contributed by atoms with Crippen LogP contribution in [0.15, 0.2) is 30.6 Å². The third-order valence-electron chi connectivity index (χ3n) is 3.21. The molecule has 0 aromatic carbocycles. The number of carboxylic acids is 1. The molecule has 1 atom stereocenters. The second-order valence-corrected chi connectivity index (χ2v) is 4.58. The molecule has 5 heteroatoms. The Balaban J connectivity index is 1.96. The van der Waals surface area contributed by atoms with E-state index in [1.54, 1.807) is 35.5 Å². The van der Waals surface area contributed by atoms with Gasteiger partial charge in [0.25, 0.3) is 0 Å². The summed E-state index contributed by atoms with van der Waals surface area (Å²) in [6.07, 6.45) is 7.91. The number of piperidine rings is 1. The van der Waals surface area contributed by atoms with Crippen molar-refractivity contribution in [3.05, 3.63) is 36.2 Å². The van der Waals surface area contributed by atoms with Crippen LogP contribution in [0.3, 0.4) is 0 Å². The maximum atomic E-state index is 12.0. The number of likely N-dealkylation sites (tertiary alicyclic amines) is 1. The Kier molecular flexibility index (Phi) is 4.28. The van der Waals surface area contributed by atoms with Crippen molar-refractivity contribution in [2.24, 2.45) is 5.92 Å². The van der Waals surface area contributed by atoms with Crippen molar-refractivity contribution >= 4 is 18.0 Å². The van der Waals surface area contributed by atoms with Crippen molar-refractivity contribution in [1.82, 2.24) is 9.88 Å². The SMILES string of the molecule is O=C(O)C1CCCN(C(=O)C=Cc2ccncc2)C1. The lowest BCUT2D eigenvalue weighted by atomic mass is 9.98. The molecule has 1 N–H and O–H groups in total. The number of hydrogen-bond donors (Lipinski definition) is 1. The molecule has 2 rings (SSSR count). The molecule has 0 bridgehead atoms. The molecule has 2 heterocycles. The molecule has 100 valence electrons. The summed E-state index contributed by atoms with van der Waals surface area (Å²) in [5.74, 6) is -1.40. The topological polar surface area (TPSA) is 70.5 Å². The molecule has 0 saturated carbocycles. The first-order valence-corrected chi connectivity index (χ1v) is 6.26. The van der Waals surface area contributed by atoms with E-state index < -0.39 is 11.9 Å². The fourth-order valence-electron chi connectivity index (χ4n) is 2.13. The number of pyridine rings is 1. The van der Waals surface area contributed by atoms with Crippen molar-refractivity contribution in [3.8, 4) is 0 Å². The molecule has 1 aromatic heterocycles. The van der Waals surface area contributed by atoms with Gasteiger partial charge in [-0.15, -0.1) is 0 Å². The van der Waals surface area contributed by atoms with Crippen LogP contribution in [0.1, 0.15) is 18.4 Å². The average molecular weight is 260 g/mol. The Morgan fingerprint density at radius 3 is 2.79 bits per heavy atom. The van der Waals surface area contributed by atoms with Crippen molar-refractivity contribution in [1.29, 1.82) is 0 Å². The molecule has 5 nitrogen and oxygen atoms in total. The first-order valence-electron chi connectivity index (χ1n) is 6.26. The third kappa shape index (κ3) is 3.64. The summed E-state index contributed by atoms with van der Waals surface area (Å²) in [5, 5.41) is 8.98. The van der Waals surface area contributed by atoms with Crippen LogP contribution in [0.25, 0.3) is 6.08 Å². The fraction of sp³-hybridized carbons (Fsp3) is 0.357. The molecule has 1 amide bonds. The van der Waals surface area contributed by atoms with Crippen LogP contribution in [-0.4, -0.2) is 40.0 Å². The number of aliphatic carboxylic acids is 1. The zero-order chi connectivity index (χ0) is 13.7. The molecule has 0 radical (unpaired) electrons. The lowest BCUT2D eigenvalue weighted by Crippen LogP contribution is -2.41. The summed E-state index contributed by atoms with van der Waals surface area (Å²) in [4.78, 5) is 28.4. The summed E-state index contributed by atoms with van der Waals surface area (Å²) in [7, 11) is 0. The Hall–Kier alpha value is -2.17. The summed E-state index contributed by atoms with van der Waals surface area (Å²) in [5.41, 5.74) is 0.898. The van der Waals surface area contributed by atoms with Gasteiger partial charge in [-0.05, 0) is 36.6 Å². The Bertz CT molecular complexity index is 485. The van der Waals surface area contributed by atoms with Gasteiger partial charge in [0.2, 0.25) is 5.91 Å². The quantitative estimate of drug-likeness (QED) is 0.834. The summed E-state index contributed by atoms with van der Waals surface area (Å²) < 4.78 is 0. The summed E-state index contributed by atoms with van der Waals surface area (Å²) in [6, 6.07) is 3.61. The number of amides is 1. The minimum Gasteiger partial charge on any atom is -0.481 e. The van der Waals surface area contributed by atoms with Gasteiger partial charge in [0.05, 0.1) is 5.92 Å². The van der Waals surface area contributed by atoms with E-state index in [1.807, 2.05) is 0 Å². The molecule has 1 aromatic rings. The number of rotatable bonds is 3. The van der Waals surface area contributed by atoms with Gasteiger partial charge in [0.1, 0.15) is 0 Å². The maximum Gasteiger partial charge on any atom is 0.308 e. The maximum absolute atomic E-state index is 12.0. The van der Waals surface area contributed by atoms with Crippen LogP contribution < -0.4 is 0 Å². The van der Waals surface area contributed by atoms with E-state index in [4.69, 9.17) is 5.11 Å². The van der Waals surface area contributed by atoms with E-state index in [-0.39, 0.29) is 5.91 Å². The van der Waals surface area contributed by atoms with Gasteiger partial charge >= 0.3 is 5.97 Å². The number of carbonyl (C=O) groups excluding carboxylic acids is 1. The molecule has 0 aliphatic carbocycles. The van der Waals surface area contributed by atoms with Crippen molar-refractivity contribution < 1.29 is 14.7 Å². The Morgan fingerprint density at radius 1 is 1.37 bits per heavy atom. The monoisotopic (exact) mass is 260 g/mol. The number of aromatic nitrogens is 1. The highest BCUT2D eigenvalue weighted by atomic mass is 16.4. The highest BCUT2D eigenvalue weighted by Gasteiger charge is 2.26. The minimum atomic E-state index is -0.824. The van der Waals surface area contributed by atoms with E-state index in [0.29, 0.717) is 19.5 Å². The van der Waals surface area contributed by atoms with E-state index >= 15 is 0 Å². The van der Waals surface area contributed by atoms with Crippen LogP contribution in [-0.2, 0) is 9.59 Å². The molecule has 1 saturated heterocycles. The lowest BCUT2D eigenvalue weighted by Gasteiger charge is -2.29. The van der Waals surface area contributed by atoms with Gasteiger partial charge in [0, 0.05) is 31.6 Å². The standard InChI is InChI=1S/C14H16N2O3/c17-13(4-3-11-5-7-15-8-6-11)16-9-1-2-12(10-16)14(18)19/h3-8,12H,1-2,9-10H2,(H,18,19). The number of nitrogens with zero attached hydrogens (tertiary/aromatic N) is 2. The second-order valence-electron chi connectivity index (χ2n) is 4.58. The van der Waals surface area contributed by atoms with Crippen molar-refractivity contribution in [3.63, 3.8) is 0 Å². The third-order valence-corrected chi connectivity index (χ3v) is 3.21. The van der Waals surface area contributed by atoms with E-state index in [0.717, 1.165) is 12.0 Å². The predicted octanol–water partition coefficient (Wildman–Crippen LogP) is 1.42. The van der Waals surface area contributed by atoms with Crippen LogP contribution in [0.5, 0.6) is 0 Å². The van der Waals surface area contributed by atoms with Crippen LogP contribution in [0.4, 0.5) is 0 Å². The number of carbonyl (C=O) groups is 2. The fourth-order valence-corrected chi connectivity index (χ4v) is 2.13. The summed E-state index contributed by atoms with van der Waals surface area (Å²) in [6.45, 7) is 0.929. The van der Waals surface area contributed by atoms with Gasteiger partial charge in [-0.3, -0.25) is 14.6 Å². The smallest absolute Gasteiger partial charge is 0.308 e.